The van der Waals surface area contributed by atoms with Gasteiger partial charge in [-0.25, -0.2) is 0 Å². The molecule has 0 aromatic carbocycles. The number of likely N-dealkylation sites (tertiary alicyclic amines) is 1. The molecule has 1 N–H and O–H groups in total. The van der Waals surface area contributed by atoms with E-state index in [0.717, 1.165) is 37.8 Å². The van der Waals surface area contributed by atoms with E-state index in [4.69, 9.17) is 4.52 Å². The zero-order valence-corrected chi connectivity index (χ0v) is 12.9. The Morgan fingerprint density at radius 1 is 1.47 bits per heavy atom. The van der Waals surface area contributed by atoms with Crippen molar-refractivity contribution in [3.63, 3.8) is 0 Å². The molecule has 1 aromatic rings. The smallest absolute Gasteiger partial charge is 0.240 e. The van der Waals surface area contributed by atoms with Crippen LogP contribution in [0, 0.1) is 5.92 Å². The third-order valence-electron chi connectivity index (χ3n) is 3.38. The van der Waals surface area contributed by atoms with Gasteiger partial charge in [-0.2, -0.15) is 4.98 Å². The van der Waals surface area contributed by atoms with Gasteiger partial charge in [0, 0.05) is 19.0 Å². The minimum atomic E-state index is 0. The fourth-order valence-corrected chi connectivity index (χ4v) is 2.55. The summed E-state index contributed by atoms with van der Waals surface area (Å²) in [5.74, 6) is 2.16. The molecule has 0 saturated carbocycles. The van der Waals surface area contributed by atoms with Crippen LogP contribution < -0.4 is 5.32 Å². The van der Waals surface area contributed by atoms with Crippen LogP contribution in [0.15, 0.2) is 4.52 Å². The van der Waals surface area contributed by atoms with Gasteiger partial charge in [-0.1, -0.05) is 19.0 Å². The Morgan fingerprint density at radius 2 is 2.26 bits per heavy atom. The summed E-state index contributed by atoms with van der Waals surface area (Å²) in [5, 5.41) is 7.29. The minimum absolute atomic E-state index is 0. The predicted octanol–water partition coefficient (Wildman–Crippen LogP) is 1.87. The van der Waals surface area contributed by atoms with Gasteiger partial charge in [0.2, 0.25) is 5.89 Å². The van der Waals surface area contributed by atoms with Crippen LogP contribution in [0.1, 0.15) is 38.4 Å². The highest BCUT2D eigenvalue weighted by Crippen LogP contribution is 2.19. The van der Waals surface area contributed by atoms with Crippen LogP contribution >= 0.6 is 12.4 Å². The molecular formula is C13H25ClN4O. The van der Waals surface area contributed by atoms with Gasteiger partial charge in [0.15, 0.2) is 5.82 Å². The number of nitrogens with zero attached hydrogens (tertiary/aromatic N) is 3. The lowest BCUT2D eigenvalue weighted by atomic mass is 10.1. The summed E-state index contributed by atoms with van der Waals surface area (Å²) in [7, 11) is 2.00. The lowest BCUT2D eigenvalue weighted by Crippen LogP contribution is -2.36. The first kappa shape index (κ1) is 16.4. The Balaban J connectivity index is 0.00000180. The number of aromatic nitrogens is 2. The maximum absolute atomic E-state index is 5.33. The van der Waals surface area contributed by atoms with E-state index in [-0.39, 0.29) is 12.4 Å². The van der Waals surface area contributed by atoms with E-state index in [0.29, 0.717) is 12.0 Å². The third kappa shape index (κ3) is 4.75. The summed E-state index contributed by atoms with van der Waals surface area (Å²) < 4.78 is 5.33. The van der Waals surface area contributed by atoms with Crippen molar-refractivity contribution in [2.24, 2.45) is 5.92 Å². The van der Waals surface area contributed by atoms with E-state index in [1.807, 2.05) is 7.05 Å². The number of halogens is 1. The molecule has 110 valence electrons. The van der Waals surface area contributed by atoms with Crippen molar-refractivity contribution in [1.29, 1.82) is 0 Å². The molecule has 1 atom stereocenters. The molecule has 1 aliphatic heterocycles. The lowest BCUT2D eigenvalue weighted by molar-refractivity contribution is 0.209. The van der Waals surface area contributed by atoms with Crippen LogP contribution in [0.4, 0.5) is 0 Å². The average molecular weight is 289 g/mol. The van der Waals surface area contributed by atoms with Crippen LogP contribution in [-0.4, -0.2) is 41.2 Å². The maximum Gasteiger partial charge on any atom is 0.240 e. The van der Waals surface area contributed by atoms with Gasteiger partial charge in [0.05, 0.1) is 6.54 Å². The molecule has 1 unspecified atom stereocenters. The first-order valence-electron chi connectivity index (χ1n) is 6.89. The molecule has 0 aliphatic carbocycles. The molecule has 1 aromatic heterocycles. The number of hydrogen-bond acceptors (Lipinski definition) is 5. The van der Waals surface area contributed by atoms with Crippen molar-refractivity contribution in [1.82, 2.24) is 20.4 Å². The first-order valence-corrected chi connectivity index (χ1v) is 6.89. The molecule has 0 amide bonds. The second-order valence-corrected chi connectivity index (χ2v) is 5.53. The van der Waals surface area contributed by atoms with Crippen molar-refractivity contribution in [3.8, 4) is 0 Å². The Hall–Kier alpha value is -0.650. The van der Waals surface area contributed by atoms with E-state index in [1.165, 1.54) is 12.8 Å². The van der Waals surface area contributed by atoms with E-state index >= 15 is 0 Å². The molecule has 6 heteroatoms. The summed E-state index contributed by atoms with van der Waals surface area (Å²) in [4.78, 5) is 6.90. The first-order chi connectivity index (χ1) is 8.69. The van der Waals surface area contributed by atoms with Gasteiger partial charge >= 0.3 is 0 Å². The standard InChI is InChI=1S/C13H24N4O.ClH/c1-10(2)7-12-15-13(18-16-12)9-17-6-4-5-11(17)8-14-3;/h10-11,14H,4-9H2,1-3H3;1H. The molecule has 0 spiro atoms. The molecular weight excluding hydrogens is 264 g/mol. The Kier molecular flexibility index (Phi) is 6.75. The lowest BCUT2D eigenvalue weighted by Gasteiger charge is -2.22. The van der Waals surface area contributed by atoms with Crippen molar-refractivity contribution in [2.75, 3.05) is 20.1 Å². The van der Waals surface area contributed by atoms with Gasteiger partial charge in [0.1, 0.15) is 0 Å². The highest BCUT2D eigenvalue weighted by molar-refractivity contribution is 5.85. The second-order valence-electron chi connectivity index (χ2n) is 5.53. The normalized spacial score (nSPS) is 19.9. The molecule has 1 fully saturated rings. The third-order valence-corrected chi connectivity index (χ3v) is 3.38. The van der Waals surface area contributed by atoms with Gasteiger partial charge in [-0.05, 0) is 32.4 Å². The SMILES string of the molecule is CNCC1CCCN1Cc1nc(CC(C)C)no1.Cl. The molecule has 1 saturated heterocycles. The van der Waals surface area contributed by atoms with Gasteiger partial charge in [0.25, 0.3) is 0 Å². The highest BCUT2D eigenvalue weighted by Gasteiger charge is 2.25. The van der Waals surface area contributed by atoms with Crippen LogP contribution in [0.3, 0.4) is 0 Å². The maximum atomic E-state index is 5.33. The van der Waals surface area contributed by atoms with Gasteiger partial charge in [-0.3, -0.25) is 4.90 Å². The van der Waals surface area contributed by atoms with Crippen molar-refractivity contribution >= 4 is 12.4 Å². The van der Waals surface area contributed by atoms with E-state index in [2.05, 4.69) is 34.2 Å². The Bertz CT molecular complexity index is 369. The van der Waals surface area contributed by atoms with Crippen molar-refractivity contribution in [2.45, 2.75) is 45.7 Å². The summed E-state index contributed by atoms with van der Waals surface area (Å²) in [6.45, 7) is 7.29. The topological polar surface area (TPSA) is 54.2 Å². The molecule has 2 rings (SSSR count). The molecule has 5 nitrogen and oxygen atoms in total. The van der Waals surface area contributed by atoms with Crippen molar-refractivity contribution < 1.29 is 4.52 Å². The van der Waals surface area contributed by atoms with Gasteiger partial charge < -0.3 is 9.84 Å². The summed E-state index contributed by atoms with van der Waals surface area (Å²) in [6, 6.07) is 0.607. The highest BCUT2D eigenvalue weighted by atomic mass is 35.5. The molecule has 2 heterocycles. The van der Waals surface area contributed by atoms with Crippen LogP contribution in [-0.2, 0) is 13.0 Å². The van der Waals surface area contributed by atoms with Crippen LogP contribution in [0.25, 0.3) is 0 Å². The zero-order chi connectivity index (χ0) is 13.0. The largest absolute Gasteiger partial charge is 0.338 e. The minimum Gasteiger partial charge on any atom is -0.338 e. The summed E-state index contributed by atoms with van der Waals surface area (Å²) >= 11 is 0. The Labute approximate surface area is 121 Å². The molecule has 19 heavy (non-hydrogen) atoms. The number of hydrogen-bond donors (Lipinski definition) is 1. The molecule has 1 aliphatic rings. The fourth-order valence-electron chi connectivity index (χ4n) is 2.55. The summed E-state index contributed by atoms with van der Waals surface area (Å²) in [5.41, 5.74) is 0. The molecule has 0 radical (unpaired) electrons. The van der Waals surface area contributed by atoms with E-state index in [1.54, 1.807) is 0 Å². The quantitative estimate of drug-likeness (QED) is 0.866. The number of nitrogens with one attached hydrogen (secondary N) is 1. The molecule has 0 bridgehead atoms. The fraction of sp³-hybridized carbons (Fsp3) is 0.846. The average Bonchev–Trinajstić information content (AvgIpc) is 2.90. The predicted molar refractivity (Wildman–Crippen MR) is 77.4 cm³/mol. The monoisotopic (exact) mass is 288 g/mol. The van der Waals surface area contributed by atoms with E-state index < -0.39 is 0 Å². The van der Waals surface area contributed by atoms with E-state index in [9.17, 15) is 0 Å². The van der Waals surface area contributed by atoms with Crippen LogP contribution in [0.5, 0.6) is 0 Å². The van der Waals surface area contributed by atoms with Crippen molar-refractivity contribution in [3.05, 3.63) is 11.7 Å². The second kappa shape index (κ2) is 7.82. The zero-order valence-electron chi connectivity index (χ0n) is 12.1. The Morgan fingerprint density at radius 3 is 2.95 bits per heavy atom. The number of likely N-dealkylation sites (N-methyl/N-ethyl adjacent to an activating group) is 1. The summed E-state index contributed by atoms with van der Waals surface area (Å²) in [6.07, 6.45) is 3.41. The number of rotatable bonds is 6. The van der Waals surface area contributed by atoms with Gasteiger partial charge in [-0.15, -0.1) is 12.4 Å². The van der Waals surface area contributed by atoms with Crippen LogP contribution in [0.2, 0.25) is 0 Å².